The van der Waals surface area contributed by atoms with Crippen molar-refractivity contribution in [1.82, 2.24) is 9.78 Å². The quantitative estimate of drug-likeness (QED) is 0.884. The number of rotatable bonds is 5. The van der Waals surface area contributed by atoms with E-state index in [0.29, 0.717) is 12.2 Å². The third-order valence-corrected chi connectivity index (χ3v) is 3.64. The number of carbonyl (C=O) groups excluding carboxylic acids is 1. The second-order valence-electron chi connectivity index (χ2n) is 5.20. The van der Waals surface area contributed by atoms with Gasteiger partial charge in [-0.05, 0) is 38.5 Å². The molecule has 1 amide bonds. The number of aryl methyl sites for hydroxylation is 1. The van der Waals surface area contributed by atoms with Gasteiger partial charge < -0.3 is 10.8 Å². The van der Waals surface area contributed by atoms with Crippen LogP contribution in [0, 0.1) is 0 Å². The Morgan fingerprint density at radius 1 is 1.38 bits per heavy atom. The Morgan fingerprint density at radius 2 is 2.10 bits per heavy atom. The molecule has 0 saturated carbocycles. The van der Waals surface area contributed by atoms with Crippen LogP contribution in [0.25, 0.3) is 11.3 Å². The zero-order chi connectivity index (χ0) is 15.6. The van der Waals surface area contributed by atoms with Crippen molar-refractivity contribution < 1.29 is 9.90 Å². The van der Waals surface area contributed by atoms with Crippen LogP contribution in [0.1, 0.15) is 44.1 Å². The minimum Gasteiger partial charge on any atom is -0.387 e. The van der Waals surface area contributed by atoms with Gasteiger partial charge in [-0.1, -0.05) is 18.2 Å². The van der Waals surface area contributed by atoms with E-state index in [-0.39, 0.29) is 11.8 Å². The predicted molar refractivity (Wildman–Crippen MR) is 81.6 cm³/mol. The molecule has 2 unspecified atom stereocenters. The van der Waals surface area contributed by atoms with Gasteiger partial charge >= 0.3 is 0 Å². The fourth-order valence-electron chi connectivity index (χ4n) is 2.25. The smallest absolute Gasteiger partial charge is 0.224 e. The molecule has 0 aliphatic heterocycles. The Labute approximate surface area is 124 Å². The average Bonchev–Trinajstić information content (AvgIpc) is 2.91. The summed E-state index contributed by atoms with van der Waals surface area (Å²) in [4.78, 5) is 11.3. The highest BCUT2D eigenvalue weighted by molar-refractivity contribution is 5.82. The van der Waals surface area contributed by atoms with E-state index in [2.05, 4.69) is 5.10 Å². The number of aliphatic hydroxyl groups excluding tert-OH is 1. The van der Waals surface area contributed by atoms with Crippen LogP contribution in [0.4, 0.5) is 0 Å². The molecule has 2 atom stereocenters. The number of nitrogens with zero attached hydrogens (tertiary/aromatic N) is 2. The molecule has 1 aromatic carbocycles. The molecule has 0 aliphatic rings. The van der Waals surface area contributed by atoms with E-state index in [1.54, 1.807) is 13.8 Å². The van der Waals surface area contributed by atoms with E-state index in [4.69, 9.17) is 5.73 Å². The van der Waals surface area contributed by atoms with E-state index < -0.39 is 6.10 Å². The summed E-state index contributed by atoms with van der Waals surface area (Å²) in [5, 5.41) is 14.1. The lowest BCUT2D eigenvalue weighted by atomic mass is 9.97. The summed E-state index contributed by atoms with van der Waals surface area (Å²) < 4.78 is 1.84. The van der Waals surface area contributed by atoms with Crippen molar-refractivity contribution in [3.05, 3.63) is 41.6 Å². The highest BCUT2D eigenvalue weighted by Crippen LogP contribution is 2.26. The summed E-state index contributed by atoms with van der Waals surface area (Å²) in [6.07, 6.45) is -0.607. The molecule has 2 aromatic rings. The molecule has 0 bridgehead atoms. The first kappa shape index (κ1) is 15.3. The average molecular weight is 287 g/mol. The Kier molecular flexibility index (Phi) is 4.43. The number of amides is 1. The molecular formula is C16H21N3O2. The second-order valence-corrected chi connectivity index (χ2v) is 5.20. The topological polar surface area (TPSA) is 81.1 Å². The van der Waals surface area contributed by atoms with Crippen LogP contribution >= 0.6 is 0 Å². The zero-order valence-corrected chi connectivity index (χ0v) is 12.6. The van der Waals surface area contributed by atoms with Gasteiger partial charge in [-0.2, -0.15) is 5.10 Å². The largest absolute Gasteiger partial charge is 0.387 e. The summed E-state index contributed by atoms with van der Waals surface area (Å²) in [7, 11) is 0. The molecule has 1 heterocycles. The van der Waals surface area contributed by atoms with Gasteiger partial charge in [0.25, 0.3) is 0 Å². The van der Waals surface area contributed by atoms with E-state index in [0.717, 1.165) is 16.8 Å². The van der Waals surface area contributed by atoms with Crippen molar-refractivity contribution in [3.8, 4) is 11.3 Å². The minimum atomic E-state index is -0.607. The molecule has 0 fully saturated rings. The maximum absolute atomic E-state index is 11.3. The molecule has 112 valence electrons. The van der Waals surface area contributed by atoms with Crippen LogP contribution in [-0.2, 0) is 11.3 Å². The molecular weight excluding hydrogens is 266 g/mol. The number of benzene rings is 1. The Balaban J connectivity index is 2.47. The van der Waals surface area contributed by atoms with E-state index in [1.807, 2.05) is 41.9 Å². The third-order valence-electron chi connectivity index (χ3n) is 3.64. The number of aromatic nitrogens is 2. The first-order valence-electron chi connectivity index (χ1n) is 7.09. The maximum atomic E-state index is 11.3. The summed E-state index contributed by atoms with van der Waals surface area (Å²) >= 11 is 0. The first-order chi connectivity index (χ1) is 9.93. The molecule has 3 N–H and O–H groups in total. The fourth-order valence-corrected chi connectivity index (χ4v) is 2.25. The van der Waals surface area contributed by atoms with E-state index in [9.17, 15) is 9.90 Å². The second kappa shape index (κ2) is 6.10. The SMILES string of the molecule is CCn1nc(C(C)O)cc1-c1cccc(C(C)C(N)=O)c1. The van der Waals surface area contributed by atoms with Gasteiger partial charge in [-0.15, -0.1) is 0 Å². The number of primary amides is 1. The molecule has 1 aromatic heterocycles. The van der Waals surface area contributed by atoms with Crippen molar-refractivity contribution in [2.75, 3.05) is 0 Å². The first-order valence-corrected chi connectivity index (χ1v) is 7.09. The van der Waals surface area contributed by atoms with Crippen LogP contribution in [0.5, 0.6) is 0 Å². The van der Waals surface area contributed by atoms with Crippen molar-refractivity contribution in [2.45, 2.75) is 39.3 Å². The number of hydrogen-bond acceptors (Lipinski definition) is 3. The molecule has 21 heavy (non-hydrogen) atoms. The monoisotopic (exact) mass is 287 g/mol. The zero-order valence-electron chi connectivity index (χ0n) is 12.6. The van der Waals surface area contributed by atoms with Gasteiger partial charge in [0, 0.05) is 12.1 Å². The van der Waals surface area contributed by atoms with Crippen LogP contribution in [-0.4, -0.2) is 20.8 Å². The van der Waals surface area contributed by atoms with Crippen molar-refractivity contribution in [2.24, 2.45) is 5.73 Å². The normalized spacial score (nSPS) is 13.9. The predicted octanol–water partition coefficient (Wildman–Crippen LogP) is 2.21. The van der Waals surface area contributed by atoms with Crippen LogP contribution < -0.4 is 5.73 Å². The molecule has 2 rings (SSSR count). The summed E-state index contributed by atoms with van der Waals surface area (Å²) in [6.45, 7) is 6.19. The van der Waals surface area contributed by atoms with Gasteiger partial charge in [-0.25, -0.2) is 0 Å². The Bertz CT molecular complexity index is 647. The van der Waals surface area contributed by atoms with E-state index in [1.165, 1.54) is 0 Å². The lowest BCUT2D eigenvalue weighted by Crippen LogP contribution is -2.18. The highest BCUT2D eigenvalue weighted by Gasteiger charge is 2.15. The van der Waals surface area contributed by atoms with Gasteiger partial charge in [-0.3, -0.25) is 9.48 Å². The summed E-state index contributed by atoms with van der Waals surface area (Å²) in [5.41, 5.74) is 8.77. The minimum absolute atomic E-state index is 0.334. The molecule has 0 saturated heterocycles. The van der Waals surface area contributed by atoms with Gasteiger partial charge in [0.2, 0.25) is 5.91 Å². The van der Waals surface area contributed by atoms with Gasteiger partial charge in [0.15, 0.2) is 0 Å². The molecule has 0 aliphatic carbocycles. The lowest BCUT2D eigenvalue weighted by molar-refractivity contribution is -0.119. The number of carbonyl (C=O) groups is 1. The number of nitrogens with two attached hydrogens (primary N) is 1. The molecule has 0 spiro atoms. The summed E-state index contributed by atoms with van der Waals surface area (Å²) in [6, 6.07) is 9.58. The van der Waals surface area contributed by atoms with Gasteiger partial charge in [0.1, 0.15) is 0 Å². The number of hydrogen-bond donors (Lipinski definition) is 2. The maximum Gasteiger partial charge on any atom is 0.224 e. The Hall–Kier alpha value is -2.14. The highest BCUT2D eigenvalue weighted by atomic mass is 16.3. The summed E-state index contributed by atoms with van der Waals surface area (Å²) in [5.74, 6) is -0.681. The van der Waals surface area contributed by atoms with Crippen molar-refractivity contribution in [1.29, 1.82) is 0 Å². The van der Waals surface area contributed by atoms with E-state index >= 15 is 0 Å². The molecule has 5 nitrogen and oxygen atoms in total. The Morgan fingerprint density at radius 3 is 2.67 bits per heavy atom. The van der Waals surface area contributed by atoms with Crippen LogP contribution in [0.2, 0.25) is 0 Å². The number of aliphatic hydroxyl groups is 1. The fraction of sp³-hybridized carbons (Fsp3) is 0.375. The van der Waals surface area contributed by atoms with Crippen molar-refractivity contribution >= 4 is 5.91 Å². The third kappa shape index (κ3) is 3.13. The molecule has 5 heteroatoms. The van der Waals surface area contributed by atoms with Crippen molar-refractivity contribution in [3.63, 3.8) is 0 Å². The van der Waals surface area contributed by atoms with Gasteiger partial charge in [0.05, 0.1) is 23.4 Å². The standard InChI is InChI=1S/C16H21N3O2/c1-4-19-15(9-14(18-19)11(3)20)13-7-5-6-12(8-13)10(2)16(17)21/h5-11,20H,4H2,1-3H3,(H2,17,21). The van der Waals surface area contributed by atoms with Crippen LogP contribution in [0.3, 0.4) is 0 Å². The molecule has 0 radical (unpaired) electrons. The lowest BCUT2D eigenvalue weighted by Gasteiger charge is -2.10. The van der Waals surface area contributed by atoms with Crippen LogP contribution in [0.15, 0.2) is 30.3 Å².